The van der Waals surface area contributed by atoms with Crippen LogP contribution in [-0.2, 0) is 0 Å². The third-order valence-corrected chi connectivity index (χ3v) is 4.20. The normalized spacial score (nSPS) is 28.1. The second-order valence-corrected chi connectivity index (χ2v) is 5.75. The molecule has 1 N–H and O–H groups in total. The monoisotopic (exact) mass is 269 g/mol. The standard InChI is InChI=1S/C14H20ClNO2/c1-10-4-3-7-14(8-10,9-15)16-13(17)12-6-5-11(2)18-12/h5-6,10H,3-4,7-9H2,1-2H3,(H,16,17). The van der Waals surface area contributed by atoms with Crippen molar-refractivity contribution in [1.29, 1.82) is 0 Å². The molecule has 1 heterocycles. The molecular formula is C14H20ClNO2. The Labute approximate surface area is 113 Å². The molecule has 0 radical (unpaired) electrons. The van der Waals surface area contributed by atoms with Crippen molar-refractivity contribution in [2.75, 3.05) is 5.88 Å². The number of hydrogen-bond donors (Lipinski definition) is 1. The summed E-state index contributed by atoms with van der Waals surface area (Å²) in [5.74, 6) is 2.03. The van der Waals surface area contributed by atoms with Gasteiger partial charge in [0.05, 0.1) is 5.54 Å². The van der Waals surface area contributed by atoms with Crippen LogP contribution >= 0.6 is 11.6 Å². The van der Waals surface area contributed by atoms with E-state index in [2.05, 4.69) is 12.2 Å². The number of amides is 1. The fraction of sp³-hybridized carbons (Fsp3) is 0.643. The Morgan fingerprint density at radius 2 is 2.39 bits per heavy atom. The number of hydrogen-bond acceptors (Lipinski definition) is 2. The Morgan fingerprint density at radius 3 is 2.94 bits per heavy atom. The summed E-state index contributed by atoms with van der Waals surface area (Å²) < 4.78 is 5.35. The van der Waals surface area contributed by atoms with Gasteiger partial charge in [-0.2, -0.15) is 0 Å². The molecular weight excluding hydrogens is 250 g/mol. The molecule has 1 fully saturated rings. The Morgan fingerprint density at radius 1 is 1.61 bits per heavy atom. The zero-order valence-corrected chi connectivity index (χ0v) is 11.7. The van der Waals surface area contributed by atoms with E-state index in [0.29, 0.717) is 17.6 Å². The quantitative estimate of drug-likeness (QED) is 0.854. The zero-order chi connectivity index (χ0) is 13.2. The SMILES string of the molecule is Cc1ccc(C(=O)NC2(CCl)CCCC(C)C2)o1. The Kier molecular flexibility index (Phi) is 4.00. The fourth-order valence-electron chi connectivity index (χ4n) is 2.79. The highest BCUT2D eigenvalue weighted by molar-refractivity contribution is 6.18. The van der Waals surface area contributed by atoms with E-state index in [9.17, 15) is 4.79 Å². The molecule has 18 heavy (non-hydrogen) atoms. The van der Waals surface area contributed by atoms with Crippen molar-refractivity contribution in [3.63, 3.8) is 0 Å². The maximum absolute atomic E-state index is 12.1. The number of rotatable bonds is 3. The van der Waals surface area contributed by atoms with Crippen LogP contribution in [0.4, 0.5) is 0 Å². The molecule has 0 aliphatic heterocycles. The molecule has 1 aromatic rings. The summed E-state index contributed by atoms with van der Waals surface area (Å²) in [7, 11) is 0. The van der Waals surface area contributed by atoms with Crippen molar-refractivity contribution in [2.24, 2.45) is 5.92 Å². The second kappa shape index (κ2) is 5.35. The molecule has 2 unspecified atom stereocenters. The highest BCUT2D eigenvalue weighted by atomic mass is 35.5. The molecule has 0 saturated heterocycles. The maximum Gasteiger partial charge on any atom is 0.287 e. The van der Waals surface area contributed by atoms with Crippen molar-refractivity contribution >= 4 is 17.5 Å². The number of halogens is 1. The van der Waals surface area contributed by atoms with E-state index < -0.39 is 0 Å². The van der Waals surface area contributed by atoms with E-state index in [-0.39, 0.29) is 11.4 Å². The van der Waals surface area contributed by atoms with Gasteiger partial charge in [0.25, 0.3) is 5.91 Å². The van der Waals surface area contributed by atoms with Crippen LogP contribution in [0.5, 0.6) is 0 Å². The largest absolute Gasteiger partial charge is 0.456 e. The first-order chi connectivity index (χ1) is 8.54. The summed E-state index contributed by atoms with van der Waals surface area (Å²) >= 11 is 6.09. The second-order valence-electron chi connectivity index (χ2n) is 5.48. The first-order valence-corrected chi connectivity index (χ1v) is 7.03. The van der Waals surface area contributed by atoms with Crippen molar-refractivity contribution < 1.29 is 9.21 Å². The highest BCUT2D eigenvalue weighted by Crippen LogP contribution is 2.33. The van der Waals surface area contributed by atoms with E-state index in [1.807, 2.05) is 6.92 Å². The Hall–Kier alpha value is -0.960. The van der Waals surface area contributed by atoms with Crippen LogP contribution in [0.25, 0.3) is 0 Å². The zero-order valence-electron chi connectivity index (χ0n) is 11.0. The van der Waals surface area contributed by atoms with Crippen molar-refractivity contribution in [1.82, 2.24) is 5.32 Å². The average molecular weight is 270 g/mol. The van der Waals surface area contributed by atoms with Crippen LogP contribution in [0.15, 0.2) is 16.5 Å². The third kappa shape index (κ3) is 2.89. The molecule has 100 valence electrons. The van der Waals surface area contributed by atoms with Crippen LogP contribution in [-0.4, -0.2) is 17.3 Å². The molecule has 1 amide bonds. The number of aryl methyl sites for hydroxylation is 1. The fourth-order valence-corrected chi connectivity index (χ4v) is 3.10. The molecule has 1 aliphatic carbocycles. The molecule has 3 nitrogen and oxygen atoms in total. The summed E-state index contributed by atoms with van der Waals surface area (Å²) in [6, 6.07) is 3.50. The van der Waals surface area contributed by atoms with E-state index in [1.54, 1.807) is 12.1 Å². The first-order valence-electron chi connectivity index (χ1n) is 6.49. The van der Waals surface area contributed by atoms with Gasteiger partial charge in [0.15, 0.2) is 5.76 Å². The molecule has 2 rings (SSSR count). The number of furan rings is 1. The summed E-state index contributed by atoms with van der Waals surface area (Å²) in [4.78, 5) is 12.1. The van der Waals surface area contributed by atoms with Crippen molar-refractivity contribution in [3.05, 3.63) is 23.7 Å². The summed E-state index contributed by atoms with van der Waals surface area (Å²) in [5.41, 5.74) is -0.267. The molecule has 1 aliphatic rings. The number of alkyl halides is 1. The molecule has 1 saturated carbocycles. The minimum absolute atomic E-state index is 0.155. The Bertz CT molecular complexity index is 429. The highest BCUT2D eigenvalue weighted by Gasteiger charge is 2.36. The van der Waals surface area contributed by atoms with Crippen LogP contribution in [0.3, 0.4) is 0 Å². The molecule has 4 heteroatoms. The predicted molar refractivity (Wildman–Crippen MR) is 72.0 cm³/mol. The van der Waals surface area contributed by atoms with Gasteiger partial charge < -0.3 is 9.73 Å². The lowest BCUT2D eigenvalue weighted by molar-refractivity contribution is 0.0837. The van der Waals surface area contributed by atoms with Crippen LogP contribution in [0, 0.1) is 12.8 Å². The van der Waals surface area contributed by atoms with Gasteiger partial charge in [-0.05, 0) is 37.8 Å². The van der Waals surface area contributed by atoms with Gasteiger partial charge in [-0.25, -0.2) is 0 Å². The lowest BCUT2D eigenvalue weighted by Gasteiger charge is -2.39. The van der Waals surface area contributed by atoms with E-state index >= 15 is 0 Å². The molecule has 2 atom stereocenters. The van der Waals surface area contributed by atoms with Gasteiger partial charge in [-0.3, -0.25) is 4.79 Å². The average Bonchev–Trinajstić information content (AvgIpc) is 2.76. The molecule has 0 aromatic carbocycles. The van der Waals surface area contributed by atoms with E-state index in [0.717, 1.165) is 25.0 Å². The minimum Gasteiger partial charge on any atom is -0.456 e. The summed E-state index contributed by atoms with van der Waals surface area (Å²) in [5, 5.41) is 3.08. The summed E-state index contributed by atoms with van der Waals surface area (Å²) in [6.45, 7) is 4.04. The molecule has 0 bridgehead atoms. The Balaban J connectivity index is 2.08. The topological polar surface area (TPSA) is 42.2 Å². The predicted octanol–water partition coefficient (Wildman–Crippen LogP) is 3.51. The van der Waals surface area contributed by atoms with Gasteiger partial charge in [0.2, 0.25) is 0 Å². The number of carbonyl (C=O) groups excluding carboxylic acids is 1. The minimum atomic E-state index is -0.267. The van der Waals surface area contributed by atoms with E-state index in [1.165, 1.54) is 6.42 Å². The number of nitrogens with one attached hydrogen (secondary N) is 1. The first kappa shape index (κ1) is 13.5. The molecule has 1 aromatic heterocycles. The van der Waals surface area contributed by atoms with Crippen molar-refractivity contribution in [3.8, 4) is 0 Å². The van der Waals surface area contributed by atoms with Crippen LogP contribution in [0.2, 0.25) is 0 Å². The van der Waals surface area contributed by atoms with Gasteiger partial charge in [0.1, 0.15) is 5.76 Å². The maximum atomic E-state index is 12.1. The van der Waals surface area contributed by atoms with Gasteiger partial charge in [0, 0.05) is 5.88 Å². The third-order valence-electron chi connectivity index (χ3n) is 3.69. The smallest absolute Gasteiger partial charge is 0.287 e. The number of carbonyl (C=O) groups is 1. The lowest BCUT2D eigenvalue weighted by atomic mass is 9.77. The van der Waals surface area contributed by atoms with E-state index in [4.69, 9.17) is 16.0 Å². The van der Waals surface area contributed by atoms with Gasteiger partial charge in [-0.1, -0.05) is 19.8 Å². The summed E-state index contributed by atoms with van der Waals surface area (Å²) in [6.07, 6.45) is 4.23. The molecule has 0 spiro atoms. The van der Waals surface area contributed by atoms with Gasteiger partial charge >= 0.3 is 0 Å². The van der Waals surface area contributed by atoms with Crippen molar-refractivity contribution in [2.45, 2.75) is 45.1 Å². The van der Waals surface area contributed by atoms with Gasteiger partial charge in [-0.15, -0.1) is 11.6 Å². The van der Waals surface area contributed by atoms with Crippen LogP contribution < -0.4 is 5.32 Å². The van der Waals surface area contributed by atoms with Crippen LogP contribution in [0.1, 0.15) is 48.9 Å². The lowest BCUT2D eigenvalue weighted by Crippen LogP contribution is -2.52.